The summed E-state index contributed by atoms with van der Waals surface area (Å²) >= 11 is 0. The number of ether oxygens (including phenoxy) is 1. The number of hydrogen-bond donors (Lipinski definition) is 1. The molecule has 0 unspecified atom stereocenters. The number of rotatable bonds is 7. The van der Waals surface area contributed by atoms with Crippen LogP contribution in [0.2, 0.25) is 0 Å². The molecule has 24 heavy (non-hydrogen) atoms. The number of para-hydroxylation sites is 1. The van der Waals surface area contributed by atoms with Gasteiger partial charge >= 0.3 is 0 Å². The maximum atomic E-state index is 12.5. The quantitative estimate of drug-likeness (QED) is 0.731. The first kappa shape index (κ1) is 18.1. The molecule has 0 spiro atoms. The van der Waals surface area contributed by atoms with E-state index in [1.165, 1.54) is 0 Å². The topological polar surface area (TPSA) is 38.3 Å². The minimum Gasteiger partial charge on any atom is -0.494 e. The molecule has 0 radical (unpaired) electrons. The molecule has 0 aliphatic carbocycles. The van der Waals surface area contributed by atoms with E-state index in [1.807, 2.05) is 36.4 Å². The van der Waals surface area contributed by atoms with E-state index in [1.54, 1.807) is 12.1 Å². The van der Waals surface area contributed by atoms with Gasteiger partial charge in [-0.25, -0.2) is 0 Å². The van der Waals surface area contributed by atoms with Crippen LogP contribution in [0.5, 0.6) is 5.75 Å². The molecule has 3 heteroatoms. The lowest BCUT2D eigenvalue weighted by molar-refractivity contribution is 0.102. The third-order valence-electron chi connectivity index (χ3n) is 3.91. The minimum absolute atomic E-state index is 0.100. The molecule has 3 nitrogen and oxygen atoms in total. The highest BCUT2D eigenvalue weighted by Gasteiger charge is 2.11. The van der Waals surface area contributed by atoms with E-state index in [0.29, 0.717) is 24.0 Å². The van der Waals surface area contributed by atoms with E-state index in [9.17, 15) is 4.79 Å². The Balaban J connectivity index is 2.00. The van der Waals surface area contributed by atoms with Crippen LogP contribution in [0.1, 0.15) is 56.0 Å². The van der Waals surface area contributed by atoms with Crippen molar-refractivity contribution in [3.05, 3.63) is 59.7 Å². The average molecular weight is 325 g/mol. The fourth-order valence-corrected chi connectivity index (χ4v) is 2.42. The van der Waals surface area contributed by atoms with Crippen LogP contribution in [-0.4, -0.2) is 12.5 Å². The second kappa shape index (κ2) is 8.53. The number of hydrogen-bond acceptors (Lipinski definition) is 2. The van der Waals surface area contributed by atoms with E-state index in [4.69, 9.17) is 4.74 Å². The Morgan fingerprint density at radius 2 is 1.67 bits per heavy atom. The van der Waals surface area contributed by atoms with E-state index < -0.39 is 0 Å². The molecule has 1 N–H and O–H groups in total. The van der Waals surface area contributed by atoms with Gasteiger partial charge in [-0.2, -0.15) is 0 Å². The summed E-state index contributed by atoms with van der Waals surface area (Å²) in [6, 6.07) is 15.2. The summed E-state index contributed by atoms with van der Waals surface area (Å²) in [5.74, 6) is 1.68. The molecular formula is C21H27NO2. The van der Waals surface area contributed by atoms with Crippen molar-refractivity contribution in [1.82, 2.24) is 0 Å². The Morgan fingerprint density at radius 1 is 1.00 bits per heavy atom. The molecule has 0 saturated carbocycles. The highest BCUT2D eigenvalue weighted by molar-refractivity contribution is 6.04. The van der Waals surface area contributed by atoms with Crippen molar-refractivity contribution in [3.63, 3.8) is 0 Å². The molecule has 0 saturated heterocycles. The first-order valence-corrected chi connectivity index (χ1v) is 8.60. The summed E-state index contributed by atoms with van der Waals surface area (Å²) in [4.78, 5) is 12.5. The maximum Gasteiger partial charge on any atom is 0.255 e. The molecule has 0 heterocycles. The number of carbonyl (C=O) groups is 1. The molecule has 128 valence electrons. The molecule has 2 rings (SSSR count). The van der Waals surface area contributed by atoms with Gasteiger partial charge in [-0.1, -0.05) is 45.9 Å². The number of amides is 1. The molecule has 0 aliphatic heterocycles. The van der Waals surface area contributed by atoms with Gasteiger partial charge in [-0.15, -0.1) is 0 Å². The fourth-order valence-electron chi connectivity index (χ4n) is 2.42. The third kappa shape index (κ3) is 5.12. The Bertz CT molecular complexity index is 660. The first-order valence-electron chi connectivity index (χ1n) is 8.60. The van der Waals surface area contributed by atoms with E-state index in [0.717, 1.165) is 23.4 Å². The van der Waals surface area contributed by atoms with Crippen LogP contribution in [0, 0.1) is 5.92 Å². The van der Waals surface area contributed by atoms with E-state index in [-0.39, 0.29) is 5.91 Å². The minimum atomic E-state index is -0.100. The van der Waals surface area contributed by atoms with Gasteiger partial charge in [0, 0.05) is 11.3 Å². The van der Waals surface area contributed by atoms with Crippen LogP contribution >= 0.6 is 0 Å². The largest absolute Gasteiger partial charge is 0.494 e. The van der Waals surface area contributed by atoms with Crippen LogP contribution < -0.4 is 10.1 Å². The van der Waals surface area contributed by atoms with Crippen molar-refractivity contribution in [2.24, 2.45) is 5.92 Å². The summed E-state index contributed by atoms with van der Waals surface area (Å²) in [7, 11) is 0. The highest BCUT2D eigenvalue weighted by atomic mass is 16.5. The predicted molar refractivity (Wildman–Crippen MR) is 99.9 cm³/mol. The van der Waals surface area contributed by atoms with Crippen molar-refractivity contribution in [2.45, 2.75) is 40.0 Å². The van der Waals surface area contributed by atoms with Crippen molar-refractivity contribution in [1.29, 1.82) is 0 Å². The van der Waals surface area contributed by atoms with Crippen molar-refractivity contribution >= 4 is 11.6 Å². The van der Waals surface area contributed by atoms with Crippen LogP contribution in [0.4, 0.5) is 5.69 Å². The van der Waals surface area contributed by atoms with Crippen LogP contribution in [-0.2, 0) is 0 Å². The number of benzene rings is 2. The highest BCUT2D eigenvalue weighted by Crippen LogP contribution is 2.24. The molecule has 2 aromatic carbocycles. The zero-order valence-electron chi connectivity index (χ0n) is 15.0. The molecular weight excluding hydrogens is 298 g/mol. The fraction of sp³-hybridized carbons (Fsp3) is 0.381. The normalized spacial score (nSPS) is 10.9. The molecule has 0 fully saturated rings. The van der Waals surface area contributed by atoms with Gasteiger partial charge in [0.2, 0.25) is 0 Å². The third-order valence-corrected chi connectivity index (χ3v) is 3.91. The van der Waals surface area contributed by atoms with Crippen molar-refractivity contribution in [3.8, 4) is 5.75 Å². The standard InChI is InChI=1S/C21H27NO2/c1-15(2)13-14-24-18-11-9-17(10-12-18)21(23)22-20-8-6-5-7-19(20)16(3)4/h5-12,15-16H,13-14H2,1-4H3,(H,22,23). The van der Waals surface area contributed by atoms with Crippen molar-refractivity contribution < 1.29 is 9.53 Å². The van der Waals surface area contributed by atoms with E-state index >= 15 is 0 Å². The second-order valence-corrected chi connectivity index (χ2v) is 6.75. The van der Waals surface area contributed by atoms with Crippen LogP contribution in [0.3, 0.4) is 0 Å². The molecule has 0 bridgehead atoms. The van der Waals surface area contributed by atoms with Gasteiger partial charge in [0.25, 0.3) is 5.91 Å². The first-order chi connectivity index (χ1) is 11.5. The smallest absolute Gasteiger partial charge is 0.255 e. The van der Waals surface area contributed by atoms with Crippen LogP contribution in [0.15, 0.2) is 48.5 Å². The summed E-state index contributed by atoms with van der Waals surface area (Å²) in [5, 5.41) is 3.01. The Labute approximate surface area is 145 Å². The Kier molecular flexibility index (Phi) is 6.42. The predicted octanol–water partition coefficient (Wildman–Crippen LogP) is 5.49. The lowest BCUT2D eigenvalue weighted by Crippen LogP contribution is -2.13. The maximum absolute atomic E-state index is 12.5. The van der Waals surface area contributed by atoms with Gasteiger partial charge < -0.3 is 10.1 Å². The average Bonchev–Trinajstić information content (AvgIpc) is 2.55. The lowest BCUT2D eigenvalue weighted by Gasteiger charge is -2.14. The molecule has 2 aromatic rings. The molecule has 0 atom stereocenters. The number of anilines is 1. The summed E-state index contributed by atoms with van der Waals surface area (Å²) < 4.78 is 5.69. The summed E-state index contributed by atoms with van der Waals surface area (Å²) in [5.41, 5.74) is 2.64. The van der Waals surface area contributed by atoms with Crippen molar-refractivity contribution in [2.75, 3.05) is 11.9 Å². The molecule has 0 aromatic heterocycles. The second-order valence-electron chi connectivity index (χ2n) is 6.75. The van der Waals surface area contributed by atoms with E-state index in [2.05, 4.69) is 33.0 Å². The Hall–Kier alpha value is -2.29. The lowest BCUT2D eigenvalue weighted by atomic mass is 10.0. The SMILES string of the molecule is CC(C)CCOc1ccc(C(=O)Nc2ccccc2C(C)C)cc1. The zero-order chi connectivity index (χ0) is 17.5. The Morgan fingerprint density at radius 3 is 2.29 bits per heavy atom. The number of carbonyl (C=O) groups excluding carboxylic acids is 1. The monoisotopic (exact) mass is 325 g/mol. The van der Waals surface area contributed by atoms with Gasteiger partial charge in [0.1, 0.15) is 5.75 Å². The summed E-state index contributed by atoms with van der Waals surface area (Å²) in [6.45, 7) is 9.28. The van der Waals surface area contributed by atoms with Gasteiger partial charge in [0.15, 0.2) is 0 Å². The summed E-state index contributed by atoms with van der Waals surface area (Å²) in [6.07, 6.45) is 1.02. The van der Waals surface area contributed by atoms with Gasteiger partial charge in [0.05, 0.1) is 6.61 Å². The van der Waals surface area contributed by atoms with Gasteiger partial charge in [-0.3, -0.25) is 4.79 Å². The van der Waals surface area contributed by atoms with Gasteiger partial charge in [-0.05, 0) is 54.2 Å². The molecule has 1 amide bonds. The number of nitrogens with one attached hydrogen (secondary N) is 1. The molecule has 0 aliphatic rings. The van der Waals surface area contributed by atoms with Crippen LogP contribution in [0.25, 0.3) is 0 Å². The zero-order valence-corrected chi connectivity index (χ0v) is 15.0.